The number of nitrogens with zero attached hydrogens (tertiary/aromatic N) is 1. The molecule has 3 rings (SSSR count). The number of aryl methyl sites for hydroxylation is 2. The van der Waals surface area contributed by atoms with Gasteiger partial charge in [-0.1, -0.05) is 61.7 Å². The van der Waals surface area contributed by atoms with E-state index in [9.17, 15) is 14.7 Å². The van der Waals surface area contributed by atoms with Gasteiger partial charge in [-0.2, -0.15) is 0 Å². The number of rotatable bonds is 12. The minimum absolute atomic E-state index is 0.0729. The number of unbranched alkanes of at least 4 members (excludes halogenated alkanes) is 2. The number of aliphatic hydroxyl groups is 1. The van der Waals surface area contributed by atoms with E-state index in [1.807, 2.05) is 35.9 Å². The molecule has 33 heavy (non-hydrogen) atoms. The van der Waals surface area contributed by atoms with Crippen LogP contribution >= 0.6 is 11.6 Å². The second-order valence-corrected chi connectivity index (χ2v) is 9.35. The van der Waals surface area contributed by atoms with Crippen LogP contribution in [0.15, 0.2) is 48.5 Å². The van der Waals surface area contributed by atoms with Gasteiger partial charge < -0.3 is 14.8 Å². The van der Waals surface area contributed by atoms with E-state index >= 15 is 0 Å². The summed E-state index contributed by atoms with van der Waals surface area (Å²) in [5, 5.41) is 21.4. The van der Waals surface area contributed by atoms with Crippen LogP contribution < -0.4 is 0 Å². The molecule has 1 aromatic heterocycles. The third-order valence-electron chi connectivity index (χ3n) is 6.14. The Labute approximate surface area is 200 Å². The zero-order valence-electron chi connectivity index (χ0n) is 19.3. The molecule has 0 radical (unpaired) electrons. The number of aliphatic carboxylic acids is 1. The average molecular weight is 470 g/mol. The summed E-state index contributed by atoms with van der Waals surface area (Å²) < 4.78 is 1.87. The van der Waals surface area contributed by atoms with Crippen molar-refractivity contribution in [2.75, 3.05) is 0 Å². The summed E-state index contributed by atoms with van der Waals surface area (Å²) in [6.45, 7) is 1.76. The van der Waals surface area contributed by atoms with Crippen molar-refractivity contribution in [3.63, 3.8) is 0 Å². The van der Waals surface area contributed by atoms with Crippen LogP contribution in [0.2, 0.25) is 5.02 Å². The maximum Gasteiger partial charge on any atom is 0.303 e. The highest BCUT2D eigenvalue weighted by Crippen LogP contribution is 2.35. The number of benzene rings is 2. The van der Waals surface area contributed by atoms with E-state index in [1.54, 1.807) is 19.1 Å². The Balaban J connectivity index is 1.76. The Hall–Kier alpha value is -2.63. The molecule has 0 bridgehead atoms. The van der Waals surface area contributed by atoms with Crippen LogP contribution in [0, 0.1) is 5.92 Å². The Kier molecular flexibility index (Phi) is 8.70. The molecule has 0 saturated heterocycles. The van der Waals surface area contributed by atoms with E-state index in [2.05, 4.69) is 12.1 Å². The molecular formula is C27H32ClNO4. The van der Waals surface area contributed by atoms with Crippen LogP contribution in [0.3, 0.4) is 0 Å². The molecule has 0 spiro atoms. The Morgan fingerprint density at radius 1 is 1.03 bits per heavy atom. The van der Waals surface area contributed by atoms with Crippen LogP contribution in [0.25, 0.3) is 10.9 Å². The molecule has 1 heterocycles. The molecule has 0 aliphatic heterocycles. The number of aromatic nitrogens is 1. The van der Waals surface area contributed by atoms with Crippen molar-refractivity contribution < 1.29 is 19.8 Å². The minimum Gasteiger partial charge on any atom is -0.481 e. The SMILES string of the molecule is C[C@H](CC(=O)O)CC(=O)c1c([C@H](O)CCCCCc2ccccc2)n(C)c2ccc(Cl)cc12. The molecule has 0 fully saturated rings. The number of hydrogen-bond acceptors (Lipinski definition) is 3. The average Bonchev–Trinajstić information content (AvgIpc) is 3.05. The van der Waals surface area contributed by atoms with Crippen molar-refractivity contribution in [1.82, 2.24) is 4.57 Å². The lowest BCUT2D eigenvalue weighted by Crippen LogP contribution is -2.14. The van der Waals surface area contributed by atoms with Gasteiger partial charge in [0.1, 0.15) is 0 Å². The fraction of sp³-hybridized carbons (Fsp3) is 0.407. The fourth-order valence-electron chi connectivity index (χ4n) is 4.53. The number of ketones is 1. The van der Waals surface area contributed by atoms with Gasteiger partial charge in [-0.15, -0.1) is 0 Å². The summed E-state index contributed by atoms with van der Waals surface area (Å²) in [6.07, 6.45) is 3.68. The topological polar surface area (TPSA) is 79.5 Å². The predicted molar refractivity (Wildman–Crippen MR) is 132 cm³/mol. The van der Waals surface area contributed by atoms with E-state index in [4.69, 9.17) is 16.7 Å². The predicted octanol–water partition coefficient (Wildman–Crippen LogP) is 6.35. The zero-order chi connectivity index (χ0) is 24.0. The second kappa shape index (κ2) is 11.5. The van der Waals surface area contributed by atoms with Crippen molar-refractivity contribution >= 4 is 34.3 Å². The maximum atomic E-state index is 13.3. The molecule has 6 heteroatoms. The van der Waals surface area contributed by atoms with E-state index in [0.717, 1.165) is 31.2 Å². The smallest absolute Gasteiger partial charge is 0.303 e. The molecule has 0 amide bonds. The van der Waals surface area contributed by atoms with Gasteiger partial charge in [-0.05, 0) is 48.9 Å². The van der Waals surface area contributed by atoms with Crippen LogP contribution in [-0.2, 0) is 18.3 Å². The number of carbonyl (C=O) groups is 2. The second-order valence-electron chi connectivity index (χ2n) is 8.91. The first-order valence-electron chi connectivity index (χ1n) is 11.5. The highest BCUT2D eigenvalue weighted by Gasteiger charge is 2.27. The van der Waals surface area contributed by atoms with Gasteiger partial charge in [0, 0.05) is 41.4 Å². The van der Waals surface area contributed by atoms with Gasteiger partial charge in [0.15, 0.2) is 5.78 Å². The number of Topliss-reactive ketones (excluding diaryl/α,β-unsaturated/α-hetero) is 1. The quantitative estimate of drug-likeness (QED) is 0.239. The zero-order valence-corrected chi connectivity index (χ0v) is 20.0. The summed E-state index contributed by atoms with van der Waals surface area (Å²) in [4.78, 5) is 24.3. The third kappa shape index (κ3) is 6.46. The van der Waals surface area contributed by atoms with Gasteiger partial charge >= 0.3 is 5.97 Å². The number of fused-ring (bicyclic) bond motifs is 1. The van der Waals surface area contributed by atoms with Gasteiger partial charge in [-0.25, -0.2) is 0 Å². The van der Waals surface area contributed by atoms with Crippen molar-refractivity contribution in [1.29, 1.82) is 0 Å². The lowest BCUT2D eigenvalue weighted by molar-refractivity contribution is -0.137. The minimum atomic E-state index is -0.924. The molecule has 0 aliphatic rings. The first-order valence-corrected chi connectivity index (χ1v) is 11.9. The van der Waals surface area contributed by atoms with E-state index < -0.39 is 12.1 Å². The number of carboxylic acids is 1. The van der Waals surface area contributed by atoms with E-state index in [0.29, 0.717) is 28.1 Å². The standard InChI is InChI=1S/C27H32ClNO4/c1-18(16-25(32)33)15-24(31)26-21-17-20(28)13-14-22(21)29(2)27(26)23(30)12-8-4-7-11-19-9-5-3-6-10-19/h3,5-6,9-10,13-14,17-18,23,30H,4,7-8,11-12,15-16H2,1-2H3,(H,32,33)/t18-,23+/m0/s1. The highest BCUT2D eigenvalue weighted by molar-refractivity contribution is 6.31. The molecule has 0 saturated carbocycles. The van der Waals surface area contributed by atoms with Crippen molar-refractivity contribution in [2.24, 2.45) is 13.0 Å². The number of carbonyl (C=O) groups excluding carboxylic acids is 1. The van der Waals surface area contributed by atoms with E-state index in [-0.39, 0.29) is 24.5 Å². The van der Waals surface area contributed by atoms with Crippen LogP contribution in [0.1, 0.15) is 73.2 Å². The maximum absolute atomic E-state index is 13.3. The lowest BCUT2D eigenvalue weighted by atomic mass is 9.93. The molecule has 2 aromatic carbocycles. The molecular weight excluding hydrogens is 438 g/mol. The Bertz CT molecular complexity index is 1110. The molecule has 0 aliphatic carbocycles. The number of aliphatic hydroxyl groups excluding tert-OH is 1. The number of carboxylic acid groups (broad SMARTS) is 1. The number of hydrogen-bond donors (Lipinski definition) is 2. The van der Waals surface area contributed by atoms with Crippen molar-refractivity contribution in [3.8, 4) is 0 Å². The largest absolute Gasteiger partial charge is 0.481 e. The number of halogens is 1. The molecule has 5 nitrogen and oxygen atoms in total. The summed E-state index contributed by atoms with van der Waals surface area (Å²) in [5.74, 6) is -1.38. The Morgan fingerprint density at radius 3 is 2.45 bits per heavy atom. The summed E-state index contributed by atoms with van der Waals surface area (Å²) in [5.41, 5.74) is 3.19. The first kappa shape index (κ1) is 25.0. The monoisotopic (exact) mass is 469 g/mol. The first-order chi connectivity index (χ1) is 15.8. The molecule has 2 N–H and O–H groups in total. The van der Waals surface area contributed by atoms with Crippen LogP contribution in [0.5, 0.6) is 0 Å². The highest BCUT2D eigenvalue weighted by atomic mass is 35.5. The van der Waals surface area contributed by atoms with Gasteiger partial charge in [-0.3, -0.25) is 9.59 Å². The Morgan fingerprint density at radius 2 is 1.76 bits per heavy atom. The summed E-state index contributed by atoms with van der Waals surface area (Å²) in [7, 11) is 1.85. The molecule has 176 valence electrons. The van der Waals surface area contributed by atoms with Gasteiger partial charge in [0.05, 0.1) is 11.8 Å². The van der Waals surface area contributed by atoms with Crippen molar-refractivity contribution in [2.45, 2.75) is 58.0 Å². The lowest BCUT2D eigenvalue weighted by Gasteiger charge is -2.16. The van der Waals surface area contributed by atoms with Crippen LogP contribution in [-0.4, -0.2) is 26.5 Å². The molecule has 2 atom stereocenters. The van der Waals surface area contributed by atoms with Crippen molar-refractivity contribution in [3.05, 3.63) is 70.4 Å². The molecule has 3 aromatic rings. The normalized spacial score (nSPS) is 13.2. The van der Waals surface area contributed by atoms with E-state index in [1.165, 1.54) is 5.56 Å². The molecule has 0 unspecified atom stereocenters. The summed E-state index contributed by atoms with van der Waals surface area (Å²) >= 11 is 6.22. The summed E-state index contributed by atoms with van der Waals surface area (Å²) in [6, 6.07) is 15.7. The van der Waals surface area contributed by atoms with Crippen LogP contribution in [0.4, 0.5) is 0 Å². The van der Waals surface area contributed by atoms with Gasteiger partial charge in [0.2, 0.25) is 0 Å². The van der Waals surface area contributed by atoms with Gasteiger partial charge in [0.25, 0.3) is 0 Å². The third-order valence-corrected chi connectivity index (χ3v) is 6.38. The fourth-order valence-corrected chi connectivity index (χ4v) is 4.71.